The van der Waals surface area contributed by atoms with Gasteiger partial charge in [-0.3, -0.25) is 9.59 Å². The molecule has 0 radical (unpaired) electrons. The van der Waals surface area contributed by atoms with E-state index >= 15 is 0 Å². The Hall–Kier alpha value is -1.58. The van der Waals surface area contributed by atoms with Gasteiger partial charge in [-0.15, -0.1) is 0 Å². The number of rotatable bonds is 31. The summed E-state index contributed by atoms with van der Waals surface area (Å²) in [5.74, 6) is -0.368. The summed E-state index contributed by atoms with van der Waals surface area (Å²) in [7, 11) is 0. The van der Waals surface area contributed by atoms with E-state index in [1.807, 2.05) is 13.8 Å². The molecular formula is C38H70O4. The van der Waals surface area contributed by atoms with E-state index in [9.17, 15) is 9.59 Å². The van der Waals surface area contributed by atoms with Crippen LogP contribution in [0.4, 0.5) is 0 Å². The molecule has 0 aromatic heterocycles. The molecule has 0 heterocycles. The van der Waals surface area contributed by atoms with Gasteiger partial charge in [0.1, 0.15) is 12.2 Å². The molecule has 0 spiro atoms. The van der Waals surface area contributed by atoms with E-state index in [4.69, 9.17) is 9.47 Å². The van der Waals surface area contributed by atoms with Crippen molar-refractivity contribution in [2.45, 2.75) is 207 Å². The summed E-state index contributed by atoms with van der Waals surface area (Å²) in [6.07, 6.45) is 38.8. The molecule has 2 unspecified atom stereocenters. The predicted octanol–water partition coefficient (Wildman–Crippen LogP) is 12.1. The third-order valence-corrected chi connectivity index (χ3v) is 8.08. The van der Waals surface area contributed by atoms with Crippen LogP contribution < -0.4 is 0 Å². The molecule has 0 N–H and O–H groups in total. The van der Waals surface area contributed by atoms with Gasteiger partial charge in [0.05, 0.1) is 0 Å². The molecule has 0 aliphatic heterocycles. The van der Waals surface area contributed by atoms with Gasteiger partial charge in [-0.05, 0) is 78.1 Å². The van der Waals surface area contributed by atoms with Crippen LogP contribution in [0.1, 0.15) is 195 Å². The van der Waals surface area contributed by atoms with Gasteiger partial charge in [0.15, 0.2) is 0 Å². The molecule has 0 aromatic carbocycles. The monoisotopic (exact) mass is 591 g/mol. The lowest BCUT2D eigenvalue weighted by molar-refractivity contribution is -0.165. The molecule has 2 atom stereocenters. The Labute approximate surface area is 261 Å². The molecule has 0 saturated heterocycles. The van der Waals surface area contributed by atoms with Crippen LogP contribution in [-0.4, -0.2) is 24.1 Å². The zero-order chi connectivity index (χ0) is 30.9. The average molecular weight is 591 g/mol. The number of hydrogen-bond acceptors (Lipinski definition) is 4. The lowest BCUT2D eigenvalue weighted by atomic mass is 10.1. The Kier molecular flexibility index (Phi) is 31.1. The van der Waals surface area contributed by atoms with Crippen LogP contribution in [0.5, 0.6) is 0 Å². The van der Waals surface area contributed by atoms with Crippen LogP contribution in [0.3, 0.4) is 0 Å². The van der Waals surface area contributed by atoms with Gasteiger partial charge >= 0.3 is 11.9 Å². The van der Waals surface area contributed by atoms with E-state index in [1.54, 1.807) is 0 Å². The maximum absolute atomic E-state index is 12.2. The molecule has 0 bridgehead atoms. The van der Waals surface area contributed by atoms with Crippen molar-refractivity contribution in [1.82, 2.24) is 0 Å². The summed E-state index contributed by atoms with van der Waals surface area (Å²) >= 11 is 0. The zero-order valence-electron chi connectivity index (χ0n) is 28.5. The average Bonchev–Trinajstić information content (AvgIpc) is 2.97. The van der Waals surface area contributed by atoms with Crippen molar-refractivity contribution in [1.29, 1.82) is 0 Å². The van der Waals surface area contributed by atoms with Crippen molar-refractivity contribution in [3.8, 4) is 0 Å². The first kappa shape index (κ1) is 40.4. The van der Waals surface area contributed by atoms with E-state index in [2.05, 4.69) is 38.2 Å². The van der Waals surface area contributed by atoms with Crippen molar-refractivity contribution >= 4 is 11.9 Å². The van der Waals surface area contributed by atoms with Gasteiger partial charge in [0, 0.05) is 12.8 Å². The fourth-order valence-corrected chi connectivity index (χ4v) is 5.05. The van der Waals surface area contributed by atoms with Crippen LogP contribution in [0.2, 0.25) is 0 Å². The fourth-order valence-electron chi connectivity index (χ4n) is 5.05. The van der Waals surface area contributed by atoms with E-state index in [0.717, 1.165) is 32.1 Å². The third-order valence-electron chi connectivity index (χ3n) is 8.08. The SMILES string of the molecule is CCCCCCC=CCCCCCCCCCC(=O)OC(C)C(C)OC(=O)CCCCCCCC=CCCCCCC. The first-order valence-corrected chi connectivity index (χ1v) is 18.2. The summed E-state index contributed by atoms with van der Waals surface area (Å²) in [5, 5.41) is 0. The molecule has 0 rings (SSSR count). The molecule has 42 heavy (non-hydrogen) atoms. The smallest absolute Gasteiger partial charge is 0.306 e. The van der Waals surface area contributed by atoms with E-state index < -0.39 is 12.2 Å². The summed E-state index contributed by atoms with van der Waals surface area (Å²) in [6.45, 7) is 8.14. The highest BCUT2D eigenvalue weighted by atomic mass is 16.6. The van der Waals surface area contributed by atoms with E-state index in [-0.39, 0.29) is 11.9 Å². The molecule has 0 aliphatic rings. The van der Waals surface area contributed by atoms with Gasteiger partial charge in [-0.1, -0.05) is 128 Å². The minimum Gasteiger partial charge on any atom is -0.459 e. The maximum atomic E-state index is 12.2. The Morgan fingerprint density at radius 2 is 0.690 bits per heavy atom. The molecule has 0 aliphatic carbocycles. The molecule has 0 amide bonds. The van der Waals surface area contributed by atoms with Crippen LogP contribution in [-0.2, 0) is 19.1 Å². The highest BCUT2D eigenvalue weighted by Crippen LogP contribution is 2.14. The molecule has 246 valence electrons. The maximum Gasteiger partial charge on any atom is 0.306 e. The number of allylic oxidation sites excluding steroid dienone is 4. The highest BCUT2D eigenvalue weighted by molar-refractivity contribution is 5.70. The second kappa shape index (κ2) is 32.3. The normalized spacial score (nSPS) is 13.1. The quantitative estimate of drug-likeness (QED) is 0.0458. The molecule has 4 nitrogen and oxygen atoms in total. The standard InChI is InChI=1S/C38H70O4/c1-5-7-9-11-13-15-17-19-20-22-24-26-28-30-32-34-38(40)42-36(4)35(3)41-37(39)33-31-29-27-25-23-21-18-16-14-12-10-8-6-2/h15-18,35-36H,5-14,19-34H2,1-4H3. The van der Waals surface area contributed by atoms with Gasteiger partial charge in [-0.2, -0.15) is 0 Å². The number of esters is 2. The van der Waals surface area contributed by atoms with Gasteiger partial charge in [0.2, 0.25) is 0 Å². The third kappa shape index (κ3) is 29.9. The van der Waals surface area contributed by atoms with Crippen molar-refractivity contribution in [3.05, 3.63) is 24.3 Å². The lowest BCUT2D eigenvalue weighted by Crippen LogP contribution is -2.30. The Bertz CT molecular complexity index is 653. The second-order valence-corrected chi connectivity index (χ2v) is 12.4. The van der Waals surface area contributed by atoms with Crippen LogP contribution in [0, 0.1) is 0 Å². The van der Waals surface area contributed by atoms with Crippen molar-refractivity contribution in [2.24, 2.45) is 0 Å². The van der Waals surface area contributed by atoms with E-state index in [1.165, 1.54) is 122 Å². The van der Waals surface area contributed by atoms with Crippen molar-refractivity contribution in [2.75, 3.05) is 0 Å². The van der Waals surface area contributed by atoms with Gasteiger partial charge in [0.25, 0.3) is 0 Å². The van der Waals surface area contributed by atoms with Crippen LogP contribution in [0.25, 0.3) is 0 Å². The first-order chi connectivity index (χ1) is 20.5. The second-order valence-electron chi connectivity index (χ2n) is 12.4. The summed E-state index contributed by atoms with van der Waals surface area (Å²) in [5.41, 5.74) is 0. The minimum atomic E-state index is -0.411. The van der Waals surface area contributed by atoms with Gasteiger partial charge in [-0.25, -0.2) is 0 Å². The topological polar surface area (TPSA) is 52.6 Å². The number of hydrogen-bond donors (Lipinski definition) is 0. The number of carbonyl (C=O) groups is 2. The summed E-state index contributed by atoms with van der Waals surface area (Å²) < 4.78 is 11.0. The zero-order valence-corrected chi connectivity index (χ0v) is 28.5. The van der Waals surface area contributed by atoms with Gasteiger partial charge < -0.3 is 9.47 Å². The fraction of sp³-hybridized carbons (Fsp3) is 0.842. The molecule has 0 saturated carbocycles. The Morgan fingerprint density at radius 1 is 0.429 bits per heavy atom. The Balaban J connectivity index is 3.60. The molecule has 0 aromatic rings. The largest absolute Gasteiger partial charge is 0.459 e. The highest BCUT2D eigenvalue weighted by Gasteiger charge is 2.20. The van der Waals surface area contributed by atoms with Crippen LogP contribution >= 0.6 is 0 Å². The summed E-state index contributed by atoms with van der Waals surface area (Å²) in [6, 6.07) is 0. The minimum absolute atomic E-state index is 0.182. The summed E-state index contributed by atoms with van der Waals surface area (Å²) in [4.78, 5) is 24.4. The lowest BCUT2D eigenvalue weighted by Gasteiger charge is -2.21. The van der Waals surface area contributed by atoms with Crippen LogP contribution in [0.15, 0.2) is 24.3 Å². The Morgan fingerprint density at radius 3 is 1.00 bits per heavy atom. The number of unbranched alkanes of at least 4 members (excludes halogenated alkanes) is 20. The molecule has 4 heteroatoms. The molecular weight excluding hydrogens is 520 g/mol. The van der Waals surface area contributed by atoms with Crippen molar-refractivity contribution < 1.29 is 19.1 Å². The number of carbonyl (C=O) groups excluding carboxylic acids is 2. The number of ether oxygens (including phenoxy) is 2. The van der Waals surface area contributed by atoms with Crippen molar-refractivity contribution in [3.63, 3.8) is 0 Å². The first-order valence-electron chi connectivity index (χ1n) is 18.2. The van der Waals surface area contributed by atoms with E-state index in [0.29, 0.717) is 12.8 Å². The molecule has 0 fully saturated rings. The predicted molar refractivity (Wildman–Crippen MR) is 181 cm³/mol.